The third kappa shape index (κ3) is 6.04. The summed E-state index contributed by atoms with van der Waals surface area (Å²) in [6, 6.07) is 9.85. The minimum atomic E-state index is 0.0964. The molecular weight excluding hydrogens is 356 g/mol. The monoisotopic (exact) mass is 384 g/mol. The van der Waals surface area contributed by atoms with Gasteiger partial charge in [0.25, 0.3) is 0 Å². The maximum Gasteiger partial charge on any atom is 0.224 e. The van der Waals surface area contributed by atoms with Gasteiger partial charge in [-0.25, -0.2) is 9.97 Å². The molecule has 27 heavy (non-hydrogen) atoms. The van der Waals surface area contributed by atoms with Gasteiger partial charge in [0.15, 0.2) is 5.16 Å². The fourth-order valence-electron chi connectivity index (χ4n) is 3.54. The highest BCUT2D eigenvalue weighted by Crippen LogP contribution is 2.27. The fourth-order valence-corrected chi connectivity index (χ4v) is 4.40. The van der Waals surface area contributed by atoms with E-state index in [0.29, 0.717) is 18.3 Å². The predicted molar refractivity (Wildman–Crippen MR) is 110 cm³/mol. The van der Waals surface area contributed by atoms with Gasteiger partial charge in [-0.3, -0.25) is 4.79 Å². The Balaban J connectivity index is 1.53. The van der Waals surface area contributed by atoms with Crippen LogP contribution in [-0.2, 0) is 4.79 Å². The molecule has 0 bridgehead atoms. The van der Waals surface area contributed by atoms with Crippen LogP contribution in [0.2, 0.25) is 0 Å². The molecule has 0 radical (unpaired) electrons. The van der Waals surface area contributed by atoms with Crippen LogP contribution in [0.1, 0.15) is 37.6 Å². The Morgan fingerprint density at radius 2 is 1.81 bits per heavy atom. The van der Waals surface area contributed by atoms with Crippen LogP contribution in [0.25, 0.3) is 0 Å². The van der Waals surface area contributed by atoms with Crippen molar-refractivity contribution in [2.24, 2.45) is 11.8 Å². The standard InChI is InChI=1S/C21H28N4OS/c1-14(17-8-10-22-11-9-17)12-20(26)25-18-4-6-19(7-5-18)27-21-23-15(2)13-16(3)24-21/h4-7,13-14,17,22H,8-12H2,1-3H3,(H,25,26). The Kier molecular flexibility index (Phi) is 6.85. The number of rotatable bonds is 6. The number of anilines is 1. The second-order valence-corrected chi connectivity index (χ2v) is 8.42. The zero-order valence-electron chi connectivity index (χ0n) is 16.3. The Hall–Kier alpha value is -1.92. The van der Waals surface area contributed by atoms with E-state index in [9.17, 15) is 4.79 Å². The van der Waals surface area contributed by atoms with E-state index in [-0.39, 0.29) is 5.91 Å². The van der Waals surface area contributed by atoms with E-state index in [2.05, 4.69) is 27.5 Å². The maximum absolute atomic E-state index is 12.4. The van der Waals surface area contributed by atoms with E-state index in [1.807, 2.05) is 44.2 Å². The van der Waals surface area contributed by atoms with Crippen LogP contribution in [0.4, 0.5) is 5.69 Å². The molecule has 1 amide bonds. The van der Waals surface area contributed by atoms with Crippen molar-refractivity contribution in [2.45, 2.75) is 50.1 Å². The number of piperidine rings is 1. The molecule has 1 fully saturated rings. The van der Waals surface area contributed by atoms with Crippen LogP contribution in [-0.4, -0.2) is 29.0 Å². The zero-order valence-corrected chi connectivity index (χ0v) is 17.1. The second-order valence-electron chi connectivity index (χ2n) is 7.38. The molecular formula is C21H28N4OS. The first kappa shape index (κ1) is 19.8. The molecule has 0 spiro atoms. The average Bonchev–Trinajstić information content (AvgIpc) is 2.63. The molecule has 6 heteroatoms. The number of carbonyl (C=O) groups is 1. The number of aryl methyl sites for hydroxylation is 2. The summed E-state index contributed by atoms with van der Waals surface area (Å²) in [5.74, 6) is 1.16. The molecule has 144 valence electrons. The first-order chi connectivity index (χ1) is 13.0. The Bertz CT molecular complexity index is 752. The van der Waals surface area contributed by atoms with Crippen molar-refractivity contribution in [3.63, 3.8) is 0 Å². The van der Waals surface area contributed by atoms with Crippen molar-refractivity contribution >= 4 is 23.4 Å². The van der Waals surface area contributed by atoms with Gasteiger partial charge in [0.1, 0.15) is 0 Å². The largest absolute Gasteiger partial charge is 0.326 e. The summed E-state index contributed by atoms with van der Waals surface area (Å²) in [6.07, 6.45) is 2.92. The minimum Gasteiger partial charge on any atom is -0.326 e. The molecule has 1 atom stereocenters. The Labute approximate surface area is 165 Å². The molecule has 2 aromatic rings. The van der Waals surface area contributed by atoms with Crippen LogP contribution < -0.4 is 10.6 Å². The van der Waals surface area contributed by atoms with Crippen molar-refractivity contribution in [3.05, 3.63) is 41.7 Å². The van der Waals surface area contributed by atoms with Crippen LogP contribution in [0.5, 0.6) is 0 Å². The van der Waals surface area contributed by atoms with Crippen molar-refractivity contribution in [1.29, 1.82) is 0 Å². The number of hydrogen-bond acceptors (Lipinski definition) is 5. The van der Waals surface area contributed by atoms with E-state index in [4.69, 9.17) is 0 Å². The van der Waals surface area contributed by atoms with Gasteiger partial charge in [-0.1, -0.05) is 6.92 Å². The third-order valence-electron chi connectivity index (χ3n) is 5.00. The summed E-state index contributed by atoms with van der Waals surface area (Å²) in [4.78, 5) is 22.3. The van der Waals surface area contributed by atoms with Gasteiger partial charge in [-0.15, -0.1) is 0 Å². The van der Waals surface area contributed by atoms with E-state index in [1.54, 1.807) is 0 Å². The topological polar surface area (TPSA) is 66.9 Å². The van der Waals surface area contributed by atoms with Gasteiger partial charge < -0.3 is 10.6 Å². The first-order valence-electron chi connectivity index (χ1n) is 9.60. The lowest BCUT2D eigenvalue weighted by Gasteiger charge is -2.27. The summed E-state index contributed by atoms with van der Waals surface area (Å²) in [5, 5.41) is 7.16. The number of carbonyl (C=O) groups excluding carboxylic acids is 1. The molecule has 1 aromatic carbocycles. The minimum absolute atomic E-state index is 0.0964. The van der Waals surface area contributed by atoms with Crippen molar-refractivity contribution in [1.82, 2.24) is 15.3 Å². The number of amides is 1. The van der Waals surface area contributed by atoms with Gasteiger partial charge in [-0.05, 0) is 93.7 Å². The van der Waals surface area contributed by atoms with Crippen molar-refractivity contribution in [3.8, 4) is 0 Å². The summed E-state index contributed by atoms with van der Waals surface area (Å²) in [6.45, 7) is 8.28. The van der Waals surface area contributed by atoms with Gasteiger partial charge in [0.2, 0.25) is 5.91 Å². The molecule has 1 unspecified atom stereocenters. The van der Waals surface area contributed by atoms with Crippen LogP contribution in [0, 0.1) is 25.7 Å². The molecule has 5 nitrogen and oxygen atoms in total. The lowest BCUT2D eigenvalue weighted by atomic mass is 9.84. The molecule has 0 aliphatic carbocycles. The number of nitrogens with one attached hydrogen (secondary N) is 2. The molecule has 3 rings (SSSR count). The summed E-state index contributed by atoms with van der Waals surface area (Å²) in [5.41, 5.74) is 2.77. The van der Waals surface area contributed by atoms with Gasteiger partial charge in [0.05, 0.1) is 0 Å². The maximum atomic E-state index is 12.4. The second kappa shape index (κ2) is 9.33. The van der Waals surface area contributed by atoms with Crippen molar-refractivity contribution in [2.75, 3.05) is 18.4 Å². The lowest BCUT2D eigenvalue weighted by molar-refractivity contribution is -0.117. The van der Waals surface area contributed by atoms with Gasteiger partial charge >= 0.3 is 0 Å². The summed E-state index contributed by atoms with van der Waals surface area (Å²) >= 11 is 1.53. The average molecular weight is 385 g/mol. The predicted octanol–water partition coefficient (Wildman–Crippen LogP) is 4.21. The highest BCUT2D eigenvalue weighted by atomic mass is 32.2. The quantitative estimate of drug-likeness (QED) is 0.730. The van der Waals surface area contributed by atoms with E-state index < -0.39 is 0 Å². The zero-order chi connectivity index (χ0) is 19.2. The highest BCUT2D eigenvalue weighted by Gasteiger charge is 2.22. The van der Waals surface area contributed by atoms with E-state index in [1.165, 1.54) is 24.6 Å². The fraction of sp³-hybridized carbons (Fsp3) is 0.476. The van der Waals surface area contributed by atoms with Crippen LogP contribution >= 0.6 is 11.8 Å². The smallest absolute Gasteiger partial charge is 0.224 e. The van der Waals surface area contributed by atoms with Crippen molar-refractivity contribution < 1.29 is 4.79 Å². The van der Waals surface area contributed by atoms with E-state index in [0.717, 1.165) is 40.2 Å². The number of hydrogen-bond donors (Lipinski definition) is 2. The SMILES string of the molecule is Cc1cc(C)nc(Sc2ccc(NC(=O)CC(C)C3CCNCC3)cc2)n1. The number of benzene rings is 1. The van der Waals surface area contributed by atoms with Crippen LogP contribution in [0.3, 0.4) is 0 Å². The molecule has 0 saturated carbocycles. The third-order valence-corrected chi connectivity index (χ3v) is 5.88. The molecule has 1 aliphatic rings. The highest BCUT2D eigenvalue weighted by molar-refractivity contribution is 7.99. The summed E-state index contributed by atoms with van der Waals surface area (Å²) in [7, 11) is 0. The lowest BCUT2D eigenvalue weighted by Crippen LogP contribution is -2.32. The number of aromatic nitrogens is 2. The molecule has 1 aromatic heterocycles. The van der Waals surface area contributed by atoms with Gasteiger partial charge in [-0.2, -0.15) is 0 Å². The molecule has 2 N–H and O–H groups in total. The van der Waals surface area contributed by atoms with E-state index >= 15 is 0 Å². The summed E-state index contributed by atoms with van der Waals surface area (Å²) < 4.78 is 0. The van der Waals surface area contributed by atoms with Crippen LogP contribution in [0.15, 0.2) is 40.4 Å². The number of nitrogens with zero attached hydrogens (tertiary/aromatic N) is 2. The molecule has 2 heterocycles. The molecule has 1 saturated heterocycles. The Morgan fingerprint density at radius 3 is 2.44 bits per heavy atom. The Morgan fingerprint density at radius 1 is 1.19 bits per heavy atom. The molecule has 1 aliphatic heterocycles. The normalized spacial score (nSPS) is 16.1. The first-order valence-corrected chi connectivity index (χ1v) is 10.4. The van der Waals surface area contributed by atoms with Gasteiger partial charge in [0, 0.05) is 28.4 Å².